The first kappa shape index (κ1) is 28.5. The van der Waals surface area contributed by atoms with Gasteiger partial charge in [-0.1, -0.05) is 78.2 Å². The van der Waals surface area contributed by atoms with Crippen molar-refractivity contribution in [2.45, 2.75) is 37.8 Å². The molecular weight excluding hydrogens is 533 g/mol. The molecule has 10 heteroatoms. The summed E-state index contributed by atoms with van der Waals surface area (Å²) in [4.78, 5) is 28.0. The second kappa shape index (κ2) is 12.4. The third kappa shape index (κ3) is 6.83. The fourth-order valence-corrected chi connectivity index (χ4v) is 5.89. The van der Waals surface area contributed by atoms with E-state index in [0.29, 0.717) is 6.42 Å². The van der Waals surface area contributed by atoms with Gasteiger partial charge in [0, 0.05) is 18.6 Å². The van der Waals surface area contributed by atoms with Gasteiger partial charge in [0.2, 0.25) is 11.8 Å². The third-order valence-corrected chi connectivity index (χ3v) is 8.18. The Bertz CT molecular complexity index is 1370. The highest BCUT2D eigenvalue weighted by molar-refractivity contribution is 7.92. The Labute approximate surface area is 228 Å². The van der Waals surface area contributed by atoms with Crippen LogP contribution in [0.5, 0.6) is 0 Å². The van der Waals surface area contributed by atoms with Gasteiger partial charge in [-0.25, -0.2) is 8.42 Å². The zero-order chi connectivity index (χ0) is 27.2. The van der Waals surface area contributed by atoms with Crippen molar-refractivity contribution in [2.24, 2.45) is 0 Å². The van der Waals surface area contributed by atoms with Crippen molar-refractivity contribution in [1.82, 2.24) is 10.2 Å². The maximum atomic E-state index is 13.9. The topological polar surface area (TPSA) is 86.8 Å². The van der Waals surface area contributed by atoms with Crippen LogP contribution in [0.3, 0.4) is 0 Å². The maximum Gasteiger partial charge on any atom is 0.264 e. The van der Waals surface area contributed by atoms with Gasteiger partial charge >= 0.3 is 0 Å². The van der Waals surface area contributed by atoms with Crippen LogP contribution in [0.1, 0.15) is 24.5 Å². The van der Waals surface area contributed by atoms with E-state index in [9.17, 15) is 18.0 Å². The molecule has 1 N–H and O–H groups in total. The minimum absolute atomic E-state index is 0.0116. The quantitative estimate of drug-likeness (QED) is 0.375. The molecule has 0 bridgehead atoms. The van der Waals surface area contributed by atoms with Crippen molar-refractivity contribution in [2.75, 3.05) is 17.9 Å². The second-order valence-electron chi connectivity index (χ2n) is 8.47. The number of hydrogen-bond acceptors (Lipinski definition) is 4. The molecular formula is C27H29Cl2N3O4S. The molecule has 3 aromatic rings. The summed E-state index contributed by atoms with van der Waals surface area (Å²) in [5, 5.41) is 2.97. The Morgan fingerprint density at radius 3 is 2.30 bits per heavy atom. The number of nitrogens with zero attached hydrogens (tertiary/aromatic N) is 2. The van der Waals surface area contributed by atoms with Gasteiger partial charge < -0.3 is 10.2 Å². The summed E-state index contributed by atoms with van der Waals surface area (Å²) >= 11 is 12.6. The highest BCUT2D eigenvalue weighted by Crippen LogP contribution is 2.33. The van der Waals surface area contributed by atoms with E-state index in [2.05, 4.69) is 5.32 Å². The number of benzene rings is 3. The van der Waals surface area contributed by atoms with E-state index in [1.807, 2.05) is 31.2 Å². The number of anilines is 1. The minimum atomic E-state index is -4.22. The number of hydrogen-bond donors (Lipinski definition) is 1. The lowest BCUT2D eigenvalue weighted by Crippen LogP contribution is -2.51. The number of rotatable bonds is 10. The average molecular weight is 563 g/mol. The lowest BCUT2D eigenvalue weighted by Gasteiger charge is -2.33. The van der Waals surface area contributed by atoms with E-state index in [-0.39, 0.29) is 33.1 Å². The molecule has 0 fully saturated rings. The summed E-state index contributed by atoms with van der Waals surface area (Å²) in [7, 11) is -2.72. The SMILES string of the molecule is CCC(C(=O)NC)N(Cc1cccc(C)c1)C(=O)CN(c1cc(Cl)ccc1Cl)S(=O)(=O)c1ccccc1. The van der Waals surface area contributed by atoms with Gasteiger partial charge in [0.1, 0.15) is 12.6 Å². The van der Waals surface area contributed by atoms with Gasteiger partial charge in [0.25, 0.3) is 10.0 Å². The number of halogens is 2. The molecule has 0 spiro atoms. The second-order valence-corrected chi connectivity index (χ2v) is 11.2. The number of likely N-dealkylation sites (N-methyl/N-ethyl adjacent to an activating group) is 1. The number of amides is 2. The number of aryl methyl sites for hydroxylation is 1. The molecule has 1 unspecified atom stereocenters. The van der Waals surface area contributed by atoms with Crippen molar-refractivity contribution >= 4 is 50.7 Å². The Balaban J connectivity index is 2.10. The maximum absolute atomic E-state index is 13.9. The van der Waals surface area contributed by atoms with Gasteiger partial charge in [-0.3, -0.25) is 13.9 Å². The molecule has 0 aliphatic carbocycles. The Morgan fingerprint density at radius 2 is 1.68 bits per heavy atom. The molecule has 1 atom stereocenters. The fraction of sp³-hybridized carbons (Fsp3) is 0.259. The molecule has 0 radical (unpaired) electrons. The molecule has 3 rings (SSSR count). The number of carbonyl (C=O) groups is 2. The summed E-state index contributed by atoms with van der Waals surface area (Å²) in [5.74, 6) is -0.908. The summed E-state index contributed by atoms with van der Waals surface area (Å²) in [6, 6.07) is 18.9. The summed E-state index contributed by atoms with van der Waals surface area (Å²) < 4.78 is 28.5. The van der Waals surface area contributed by atoms with Gasteiger partial charge in [-0.2, -0.15) is 0 Å². The highest BCUT2D eigenvalue weighted by Gasteiger charge is 2.34. The van der Waals surface area contributed by atoms with Crippen molar-refractivity contribution in [3.8, 4) is 0 Å². The molecule has 196 valence electrons. The first-order chi connectivity index (χ1) is 17.6. The van der Waals surface area contributed by atoms with Crippen LogP contribution in [0.2, 0.25) is 10.0 Å². The average Bonchev–Trinajstić information content (AvgIpc) is 2.88. The predicted octanol–water partition coefficient (Wildman–Crippen LogP) is 5.05. The van der Waals surface area contributed by atoms with E-state index in [1.54, 1.807) is 25.1 Å². The van der Waals surface area contributed by atoms with Crippen molar-refractivity contribution < 1.29 is 18.0 Å². The van der Waals surface area contributed by atoms with Crippen molar-refractivity contribution in [3.05, 3.63) is 94.0 Å². The third-order valence-electron chi connectivity index (χ3n) is 5.85. The van der Waals surface area contributed by atoms with E-state index in [0.717, 1.165) is 15.4 Å². The zero-order valence-corrected chi connectivity index (χ0v) is 23.1. The van der Waals surface area contributed by atoms with Crippen molar-refractivity contribution in [1.29, 1.82) is 0 Å². The number of nitrogens with one attached hydrogen (secondary N) is 1. The minimum Gasteiger partial charge on any atom is -0.357 e. The first-order valence-electron chi connectivity index (χ1n) is 11.7. The van der Waals surface area contributed by atoms with Crippen LogP contribution in [-0.4, -0.2) is 44.8 Å². The van der Waals surface area contributed by atoms with E-state index < -0.39 is 28.5 Å². The largest absolute Gasteiger partial charge is 0.357 e. The van der Waals surface area contributed by atoms with E-state index in [4.69, 9.17) is 23.2 Å². The lowest BCUT2D eigenvalue weighted by molar-refractivity contribution is -0.140. The van der Waals surface area contributed by atoms with Gasteiger partial charge in [0.05, 0.1) is 15.6 Å². The van der Waals surface area contributed by atoms with Crippen LogP contribution in [0.4, 0.5) is 5.69 Å². The molecule has 0 aliphatic heterocycles. The van der Waals surface area contributed by atoms with Crippen LogP contribution in [0.25, 0.3) is 0 Å². The number of sulfonamides is 1. The lowest BCUT2D eigenvalue weighted by atomic mass is 10.1. The van der Waals surface area contributed by atoms with Crippen LogP contribution in [0, 0.1) is 6.92 Å². The number of carbonyl (C=O) groups excluding carboxylic acids is 2. The van der Waals surface area contributed by atoms with E-state index in [1.165, 1.54) is 42.3 Å². The molecule has 3 aromatic carbocycles. The standard InChI is InChI=1S/C27H29Cl2N3O4S/c1-4-24(27(34)30-3)31(17-20-10-8-9-19(2)15-20)26(33)18-32(25-16-21(28)13-14-23(25)29)37(35,36)22-11-6-5-7-12-22/h5-16,24H,4,17-18H2,1-3H3,(H,30,34). The van der Waals surface area contributed by atoms with Crippen LogP contribution >= 0.6 is 23.2 Å². The summed E-state index contributed by atoms with van der Waals surface area (Å²) in [5.41, 5.74) is 1.88. The highest BCUT2D eigenvalue weighted by atomic mass is 35.5. The molecule has 0 heterocycles. The first-order valence-corrected chi connectivity index (χ1v) is 13.9. The molecule has 2 amide bonds. The monoisotopic (exact) mass is 561 g/mol. The molecule has 0 aromatic heterocycles. The normalized spacial score (nSPS) is 12.0. The predicted molar refractivity (Wildman–Crippen MR) is 147 cm³/mol. The van der Waals surface area contributed by atoms with Gasteiger partial charge in [-0.15, -0.1) is 0 Å². The Hall–Kier alpha value is -3.07. The van der Waals surface area contributed by atoms with Gasteiger partial charge in [0.15, 0.2) is 0 Å². The van der Waals surface area contributed by atoms with Gasteiger partial charge in [-0.05, 0) is 49.2 Å². The van der Waals surface area contributed by atoms with Crippen LogP contribution in [0.15, 0.2) is 77.7 Å². The van der Waals surface area contributed by atoms with Crippen LogP contribution < -0.4 is 9.62 Å². The molecule has 0 aliphatic rings. The zero-order valence-electron chi connectivity index (χ0n) is 20.8. The fourth-order valence-electron chi connectivity index (χ4n) is 4.00. The molecule has 0 saturated heterocycles. The Morgan fingerprint density at radius 1 is 0.973 bits per heavy atom. The molecule has 0 saturated carbocycles. The molecule has 37 heavy (non-hydrogen) atoms. The van der Waals surface area contributed by atoms with Crippen LogP contribution in [-0.2, 0) is 26.2 Å². The summed E-state index contributed by atoms with van der Waals surface area (Å²) in [6.45, 7) is 3.26. The summed E-state index contributed by atoms with van der Waals surface area (Å²) in [6.07, 6.45) is 0.334. The smallest absolute Gasteiger partial charge is 0.264 e. The van der Waals surface area contributed by atoms with Crippen molar-refractivity contribution in [3.63, 3.8) is 0 Å². The molecule has 7 nitrogen and oxygen atoms in total. The Kier molecular flexibility index (Phi) is 9.59. The van der Waals surface area contributed by atoms with E-state index >= 15 is 0 Å².